The van der Waals surface area contributed by atoms with Gasteiger partial charge in [0.25, 0.3) is 0 Å². The summed E-state index contributed by atoms with van der Waals surface area (Å²) in [5.41, 5.74) is 1.16. The molecule has 1 N–H and O–H groups in total. The van der Waals surface area contributed by atoms with Gasteiger partial charge in [-0.15, -0.1) is 0 Å². The SMILES string of the molecule is CC12CCC(C1)C(C)(C)C2N1CCNCC1. The monoisotopic (exact) mass is 222 g/mol. The number of nitrogens with one attached hydrogen (secondary N) is 1. The summed E-state index contributed by atoms with van der Waals surface area (Å²) in [6, 6.07) is 0.834. The van der Waals surface area contributed by atoms with E-state index in [2.05, 4.69) is 31.0 Å². The van der Waals surface area contributed by atoms with E-state index in [1.54, 1.807) is 0 Å². The Hall–Kier alpha value is -0.0800. The quantitative estimate of drug-likeness (QED) is 0.731. The highest BCUT2D eigenvalue weighted by molar-refractivity contribution is 5.13. The molecule has 0 aromatic rings. The maximum Gasteiger partial charge on any atom is 0.0204 e. The van der Waals surface area contributed by atoms with Gasteiger partial charge in [0.05, 0.1) is 0 Å². The second-order valence-electron chi connectivity index (χ2n) is 7.10. The Morgan fingerprint density at radius 1 is 1.12 bits per heavy atom. The molecule has 1 heterocycles. The topological polar surface area (TPSA) is 15.3 Å². The van der Waals surface area contributed by atoms with Crippen LogP contribution in [0.25, 0.3) is 0 Å². The number of hydrogen-bond acceptors (Lipinski definition) is 2. The maximum atomic E-state index is 3.48. The summed E-state index contributed by atoms with van der Waals surface area (Å²) in [4.78, 5) is 2.79. The summed E-state index contributed by atoms with van der Waals surface area (Å²) >= 11 is 0. The van der Waals surface area contributed by atoms with E-state index in [1.807, 2.05) is 0 Å². The van der Waals surface area contributed by atoms with Gasteiger partial charge in [0.2, 0.25) is 0 Å². The fraction of sp³-hybridized carbons (Fsp3) is 1.00. The Kier molecular flexibility index (Phi) is 2.38. The van der Waals surface area contributed by atoms with Gasteiger partial charge in [-0.2, -0.15) is 0 Å². The first-order valence-corrected chi connectivity index (χ1v) is 6.99. The summed E-state index contributed by atoms with van der Waals surface area (Å²) in [6.45, 7) is 12.5. The third kappa shape index (κ3) is 1.39. The van der Waals surface area contributed by atoms with Crippen molar-refractivity contribution in [3.05, 3.63) is 0 Å². The van der Waals surface area contributed by atoms with Crippen LogP contribution in [0, 0.1) is 16.7 Å². The second kappa shape index (κ2) is 3.46. The molecule has 3 rings (SSSR count). The van der Waals surface area contributed by atoms with Gasteiger partial charge in [-0.3, -0.25) is 4.90 Å². The lowest BCUT2D eigenvalue weighted by molar-refractivity contribution is -0.00253. The van der Waals surface area contributed by atoms with E-state index < -0.39 is 0 Å². The first-order valence-electron chi connectivity index (χ1n) is 6.99. The van der Waals surface area contributed by atoms with Crippen LogP contribution in [-0.2, 0) is 0 Å². The van der Waals surface area contributed by atoms with Gasteiger partial charge in [0.1, 0.15) is 0 Å². The highest BCUT2D eigenvalue weighted by Gasteiger charge is 2.60. The molecule has 1 saturated heterocycles. The van der Waals surface area contributed by atoms with Crippen LogP contribution >= 0.6 is 0 Å². The van der Waals surface area contributed by atoms with Gasteiger partial charge < -0.3 is 5.32 Å². The zero-order valence-corrected chi connectivity index (χ0v) is 11.1. The third-order valence-electron chi connectivity index (χ3n) is 5.71. The molecule has 3 unspecified atom stereocenters. The van der Waals surface area contributed by atoms with Crippen molar-refractivity contribution in [1.82, 2.24) is 10.2 Å². The van der Waals surface area contributed by atoms with E-state index >= 15 is 0 Å². The Balaban J connectivity index is 1.87. The highest BCUT2D eigenvalue weighted by Crippen LogP contribution is 2.63. The zero-order valence-electron chi connectivity index (χ0n) is 11.1. The maximum absolute atomic E-state index is 3.48. The second-order valence-corrected chi connectivity index (χ2v) is 7.10. The summed E-state index contributed by atoms with van der Waals surface area (Å²) in [5, 5.41) is 3.48. The number of nitrogens with zero attached hydrogens (tertiary/aromatic N) is 1. The molecule has 3 aliphatic rings. The third-order valence-corrected chi connectivity index (χ3v) is 5.71. The van der Waals surface area contributed by atoms with E-state index in [1.165, 1.54) is 45.4 Å². The lowest BCUT2D eigenvalue weighted by Crippen LogP contribution is -2.57. The first kappa shape index (κ1) is 11.0. The van der Waals surface area contributed by atoms with E-state index in [0.29, 0.717) is 10.8 Å². The number of hydrogen-bond donors (Lipinski definition) is 1. The summed E-state index contributed by atoms with van der Waals surface area (Å²) in [7, 11) is 0. The molecule has 2 saturated carbocycles. The molecule has 0 radical (unpaired) electrons. The molecule has 3 atom stereocenters. The number of fused-ring (bicyclic) bond motifs is 2. The van der Waals surface area contributed by atoms with Crippen molar-refractivity contribution in [3.8, 4) is 0 Å². The van der Waals surface area contributed by atoms with Gasteiger partial charge in [0, 0.05) is 32.2 Å². The van der Waals surface area contributed by atoms with E-state index in [-0.39, 0.29) is 0 Å². The Bertz CT molecular complexity index is 276. The molecule has 2 bridgehead atoms. The standard InChI is InChI=1S/C14H26N2/c1-13(2)11-4-5-14(3,10-11)12(13)16-8-6-15-7-9-16/h11-12,15H,4-10H2,1-3H3. The minimum Gasteiger partial charge on any atom is -0.314 e. The molecule has 16 heavy (non-hydrogen) atoms. The fourth-order valence-electron chi connectivity index (χ4n) is 5.13. The molecule has 2 aliphatic carbocycles. The van der Waals surface area contributed by atoms with Crippen LogP contribution in [-0.4, -0.2) is 37.1 Å². The molecule has 0 aromatic heterocycles. The average molecular weight is 222 g/mol. The van der Waals surface area contributed by atoms with Crippen LogP contribution in [0.1, 0.15) is 40.0 Å². The summed E-state index contributed by atoms with van der Waals surface area (Å²) in [5.74, 6) is 0.984. The van der Waals surface area contributed by atoms with Crippen molar-refractivity contribution in [3.63, 3.8) is 0 Å². The van der Waals surface area contributed by atoms with Crippen LogP contribution in [0.5, 0.6) is 0 Å². The lowest BCUT2D eigenvalue weighted by Gasteiger charge is -2.50. The fourth-order valence-corrected chi connectivity index (χ4v) is 5.13. The first-order chi connectivity index (χ1) is 7.54. The van der Waals surface area contributed by atoms with Crippen LogP contribution in [0.2, 0.25) is 0 Å². The minimum absolute atomic E-state index is 0.546. The van der Waals surface area contributed by atoms with Gasteiger partial charge in [0.15, 0.2) is 0 Å². The minimum atomic E-state index is 0.546. The van der Waals surface area contributed by atoms with Gasteiger partial charge in [-0.1, -0.05) is 20.8 Å². The van der Waals surface area contributed by atoms with Crippen LogP contribution < -0.4 is 5.32 Å². The van der Waals surface area contributed by atoms with Gasteiger partial charge in [-0.05, 0) is 36.0 Å². The average Bonchev–Trinajstić information content (AvgIpc) is 2.70. The largest absolute Gasteiger partial charge is 0.314 e. The smallest absolute Gasteiger partial charge is 0.0204 e. The molecule has 0 spiro atoms. The van der Waals surface area contributed by atoms with Crippen molar-refractivity contribution in [1.29, 1.82) is 0 Å². The highest BCUT2D eigenvalue weighted by atomic mass is 15.2. The molecule has 2 heteroatoms. The Morgan fingerprint density at radius 3 is 2.38 bits per heavy atom. The van der Waals surface area contributed by atoms with Crippen molar-refractivity contribution >= 4 is 0 Å². The van der Waals surface area contributed by atoms with Crippen molar-refractivity contribution in [2.24, 2.45) is 16.7 Å². The molecule has 1 aliphatic heterocycles. The summed E-state index contributed by atoms with van der Waals surface area (Å²) in [6.07, 6.45) is 4.43. The molecule has 92 valence electrons. The molecule has 3 fully saturated rings. The number of piperazine rings is 1. The zero-order chi connectivity index (χ0) is 11.4. The van der Waals surface area contributed by atoms with Crippen LogP contribution in [0.4, 0.5) is 0 Å². The lowest BCUT2D eigenvalue weighted by atomic mass is 9.67. The van der Waals surface area contributed by atoms with Gasteiger partial charge in [-0.25, -0.2) is 0 Å². The molecule has 0 amide bonds. The molecule has 2 nitrogen and oxygen atoms in total. The summed E-state index contributed by atoms with van der Waals surface area (Å²) < 4.78 is 0. The van der Waals surface area contributed by atoms with E-state index in [4.69, 9.17) is 0 Å². The van der Waals surface area contributed by atoms with Crippen LogP contribution in [0.3, 0.4) is 0 Å². The van der Waals surface area contributed by atoms with Gasteiger partial charge >= 0.3 is 0 Å². The molecular formula is C14H26N2. The molecular weight excluding hydrogens is 196 g/mol. The normalized spacial score (nSPS) is 47.4. The predicted octanol–water partition coefficient (Wildman–Crippen LogP) is 2.11. The van der Waals surface area contributed by atoms with Crippen molar-refractivity contribution < 1.29 is 0 Å². The predicted molar refractivity (Wildman–Crippen MR) is 67.5 cm³/mol. The Morgan fingerprint density at radius 2 is 1.81 bits per heavy atom. The van der Waals surface area contributed by atoms with Crippen molar-refractivity contribution in [2.75, 3.05) is 26.2 Å². The Labute approximate surface area is 99.8 Å². The molecule has 0 aromatic carbocycles. The van der Waals surface area contributed by atoms with Crippen molar-refractivity contribution in [2.45, 2.75) is 46.1 Å². The van der Waals surface area contributed by atoms with E-state index in [9.17, 15) is 0 Å². The van der Waals surface area contributed by atoms with E-state index in [0.717, 1.165) is 12.0 Å². The number of rotatable bonds is 1. The van der Waals surface area contributed by atoms with Crippen LogP contribution in [0.15, 0.2) is 0 Å².